The Morgan fingerprint density at radius 2 is 2.00 bits per heavy atom. The van der Waals surface area contributed by atoms with Gasteiger partial charge in [-0.15, -0.1) is 0 Å². The molecule has 1 aliphatic rings. The Hall–Kier alpha value is -1.55. The Bertz CT molecular complexity index is 458. The normalized spacial score (nSPS) is 23.5. The molecule has 0 spiro atoms. The lowest BCUT2D eigenvalue weighted by Crippen LogP contribution is -2.46. The van der Waals surface area contributed by atoms with Gasteiger partial charge >= 0.3 is 0 Å². The van der Waals surface area contributed by atoms with Crippen molar-refractivity contribution in [3.63, 3.8) is 0 Å². The molecule has 1 saturated carbocycles. The summed E-state index contributed by atoms with van der Waals surface area (Å²) in [5, 5.41) is 12.3. The van der Waals surface area contributed by atoms with Crippen LogP contribution in [0.25, 0.3) is 0 Å². The standard InChI is InChI=1S/C17H26N2O2/c1-12(6-7-13-8-10-14(20)11-9-13)19-17(21)15-4-2-3-5-16(15)18/h8-12,15-16,20H,2-7,18H2,1H3,(H,19,21). The van der Waals surface area contributed by atoms with E-state index in [1.807, 2.05) is 19.1 Å². The molecule has 116 valence electrons. The molecule has 1 fully saturated rings. The van der Waals surface area contributed by atoms with E-state index in [9.17, 15) is 9.90 Å². The molecule has 2 rings (SSSR count). The number of hydrogen-bond acceptors (Lipinski definition) is 3. The second-order valence-corrected chi connectivity index (χ2v) is 6.17. The average Bonchev–Trinajstić information content (AvgIpc) is 2.47. The molecule has 0 aromatic heterocycles. The summed E-state index contributed by atoms with van der Waals surface area (Å²) >= 11 is 0. The van der Waals surface area contributed by atoms with Gasteiger partial charge in [-0.25, -0.2) is 0 Å². The van der Waals surface area contributed by atoms with Gasteiger partial charge in [0.05, 0.1) is 5.92 Å². The van der Waals surface area contributed by atoms with Crippen molar-refractivity contribution >= 4 is 5.91 Å². The van der Waals surface area contributed by atoms with Gasteiger partial charge in [0.15, 0.2) is 0 Å². The first-order chi connectivity index (χ1) is 10.1. The first-order valence-electron chi connectivity index (χ1n) is 7.90. The fourth-order valence-electron chi connectivity index (χ4n) is 2.95. The van der Waals surface area contributed by atoms with Crippen molar-refractivity contribution in [1.29, 1.82) is 0 Å². The molecule has 0 aliphatic heterocycles. The monoisotopic (exact) mass is 290 g/mol. The lowest BCUT2D eigenvalue weighted by Gasteiger charge is -2.28. The van der Waals surface area contributed by atoms with Gasteiger partial charge in [0.1, 0.15) is 5.75 Å². The summed E-state index contributed by atoms with van der Waals surface area (Å²) in [5.41, 5.74) is 7.22. The van der Waals surface area contributed by atoms with Gasteiger partial charge in [0.25, 0.3) is 0 Å². The zero-order valence-corrected chi connectivity index (χ0v) is 12.7. The molecule has 0 bridgehead atoms. The first-order valence-corrected chi connectivity index (χ1v) is 7.90. The van der Waals surface area contributed by atoms with E-state index in [0.29, 0.717) is 0 Å². The lowest BCUT2D eigenvalue weighted by atomic mass is 9.84. The molecule has 1 aromatic rings. The summed E-state index contributed by atoms with van der Waals surface area (Å²) < 4.78 is 0. The van der Waals surface area contributed by atoms with Crippen LogP contribution >= 0.6 is 0 Å². The van der Waals surface area contributed by atoms with Gasteiger partial charge in [-0.2, -0.15) is 0 Å². The molecule has 4 heteroatoms. The molecule has 0 radical (unpaired) electrons. The molecule has 4 nitrogen and oxygen atoms in total. The predicted octanol–water partition coefficient (Wildman–Crippen LogP) is 2.35. The van der Waals surface area contributed by atoms with Crippen LogP contribution in [0.4, 0.5) is 0 Å². The number of phenolic OH excluding ortho intramolecular Hbond substituents is 1. The maximum atomic E-state index is 12.3. The highest BCUT2D eigenvalue weighted by atomic mass is 16.3. The molecule has 1 amide bonds. The third-order valence-electron chi connectivity index (χ3n) is 4.35. The molecule has 4 N–H and O–H groups in total. The molecule has 3 unspecified atom stereocenters. The smallest absolute Gasteiger partial charge is 0.224 e. The number of nitrogens with one attached hydrogen (secondary N) is 1. The molecular formula is C17H26N2O2. The zero-order chi connectivity index (χ0) is 15.2. The maximum absolute atomic E-state index is 12.3. The van der Waals surface area contributed by atoms with E-state index in [4.69, 9.17) is 5.73 Å². The van der Waals surface area contributed by atoms with Crippen molar-refractivity contribution in [3.8, 4) is 5.75 Å². The Morgan fingerprint density at radius 3 is 2.67 bits per heavy atom. The van der Waals surface area contributed by atoms with Crippen LogP contribution in [0.1, 0.15) is 44.6 Å². The number of phenols is 1. The van der Waals surface area contributed by atoms with Crippen molar-refractivity contribution in [2.24, 2.45) is 11.7 Å². The Kier molecular flexibility index (Phi) is 5.62. The van der Waals surface area contributed by atoms with Gasteiger partial charge in [-0.1, -0.05) is 25.0 Å². The maximum Gasteiger partial charge on any atom is 0.224 e. The number of nitrogens with two attached hydrogens (primary N) is 1. The van der Waals surface area contributed by atoms with Crippen LogP contribution in [-0.2, 0) is 11.2 Å². The second-order valence-electron chi connectivity index (χ2n) is 6.17. The Morgan fingerprint density at radius 1 is 1.33 bits per heavy atom. The van der Waals surface area contributed by atoms with Gasteiger partial charge in [0, 0.05) is 12.1 Å². The average molecular weight is 290 g/mol. The van der Waals surface area contributed by atoms with Crippen molar-refractivity contribution < 1.29 is 9.90 Å². The van der Waals surface area contributed by atoms with E-state index >= 15 is 0 Å². The number of aromatic hydroxyl groups is 1. The number of carbonyl (C=O) groups excluding carboxylic acids is 1. The molecule has 0 heterocycles. The lowest BCUT2D eigenvalue weighted by molar-refractivity contribution is -0.127. The fourth-order valence-corrected chi connectivity index (χ4v) is 2.95. The van der Waals surface area contributed by atoms with Crippen LogP contribution in [0.3, 0.4) is 0 Å². The topological polar surface area (TPSA) is 75.3 Å². The minimum Gasteiger partial charge on any atom is -0.508 e. The number of hydrogen-bond donors (Lipinski definition) is 3. The predicted molar refractivity (Wildman–Crippen MR) is 84.0 cm³/mol. The highest BCUT2D eigenvalue weighted by Crippen LogP contribution is 2.23. The van der Waals surface area contributed by atoms with Crippen LogP contribution in [0.5, 0.6) is 5.75 Å². The molecule has 0 saturated heterocycles. The number of carbonyl (C=O) groups is 1. The van der Waals surface area contributed by atoms with Crippen molar-refractivity contribution in [2.75, 3.05) is 0 Å². The van der Waals surface area contributed by atoms with Gasteiger partial charge in [0.2, 0.25) is 5.91 Å². The number of benzene rings is 1. The zero-order valence-electron chi connectivity index (χ0n) is 12.7. The van der Waals surface area contributed by atoms with E-state index in [1.165, 1.54) is 5.56 Å². The van der Waals surface area contributed by atoms with Crippen LogP contribution in [0, 0.1) is 5.92 Å². The largest absolute Gasteiger partial charge is 0.508 e. The summed E-state index contributed by atoms with van der Waals surface area (Å²) in [6, 6.07) is 7.38. The highest BCUT2D eigenvalue weighted by molar-refractivity contribution is 5.79. The van der Waals surface area contributed by atoms with Crippen LogP contribution < -0.4 is 11.1 Å². The third-order valence-corrected chi connectivity index (χ3v) is 4.35. The summed E-state index contributed by atoms with van der Waals surface area (Å²) in [5.74, 6) is 0.377. The van der Waals surface area contributed by atoms with E-state index in [1.54, 1.807) is 12.1 Å². The number of amides is 1. The SMILES string of the molecule is CC(CCc1ccc(O)cc1)NC(=O)C1CCCCC1N. The summed E-state index contributed by atoms with van der Waals surface area (Å²) in [4.78, 5) is 12.3. The van der Waals surface area contributed by atoms with Crippen LogP contribution in [0.2, 0.25) is 0 Å². The van der Waals surface area contributed by atoms with Crippen LogP contribution in [0.15, 0.2) is 24.3 Å². The minimum absolute atomic E-state index is 0.0167. The van der Waals surface area contributed by atoms with E-state index in [-0.39, 0.29) is 29.7 Å². The van der Waals surface area contributed by atoms with Gasteiger partial charge in [-0.3, -0.25) is 4.79 Å². The molecule has 1 aromatic carbocycles. The quantitative estimate of drug-likeness (QED) is 0.779. The summed E-state index contributed by atoms with van der Waals surface area (Å²) in [6.07, 6.45) is 5.89. The van der Waals surface area contributed by atoms with Crippen molar-refractivity contribution in [3.05, 3.63) is 29.8 Å². The van der Waals surface area contributed by atoms with Gasteiger partial charge < -0.3 is 16.2 Å². The minimum atomic E-state index is -0.0186. The summed E-state index contributed by atoms with van der Waals surface area (Å²) in [7, 11) is 0. The fraction of sp³-hybridized carbons (Fsp3) is 0.588. The van der Waals surface area contributed by atoms with Crippen molar-refractivity contribution in [2.45, 2.75) is 57.5 Å². The second kappa shape index (κ2) is 7.46. The molecule has 1 aliphatic carbocycles. The number of rotatable bonds is 5. The number of aryl methyl sites for hydroxylation is 1. The van der Waals surface area contributed by atoms with E-state index < -0.39 is 0 Å². The van der Waals surface area contributed by atoms with Gasteiger partial charge in [-0.05, 0) is 50.3 Å². The van der Waals surface area contributed by atoms with Crippen molar-refractivity contribution in [1.82, 2.24) is 5.32 Å². The van der Waals surface area contributed by atoms with E-state index in [0.717, 1.165) is 38.5 Å². The Labute approximate surface area is 126 Å². The summed E-state index contributed by atoms with van der Waals surface area (Å²) in [6.45, 7) is 2.03. The molecule has 3 atom stereocenters. The highest BCUT2D eigenvalue weighted by Gasteiger charge is 2.28. The molecule has 21 heavy (non-hydrogen) atoms. The first kappa shape index (κ1) is 15.8. The Balaban J connectivity index is 1.77. The van der Waals surface area contributed by atoms with Crippen LogP contribution in [-0.4, -0.2) is 23.1 Å². The van der Waals surface area contributed by atoms with E-state index in [2.05, 4.69) is 5.32 Å². The third kappa shape index (κ3) is 4.74. The molecular weight excluding hydrogens is 264 g/mol.